The Morgan fingerprint density at radius 2 is 1.51 bits per heavy atom. The highest BCUT2D eigenvalue weighted by Crippen LogP contribution is 2.26. The Morgan fingerprint density at radius 3 is 2.14 bits per heavy atom. The van der Waals surface area contributed by atoms with Crippen LogP contribution >= 0.6 is 11.6 Å². The highest BCUT2D eigenvalue weighted by atomic mass is 35.5. The van der Waals surface area contributed by atoms with Crippen molar-refractivity contribution in [3.8, 4) is 16.9 Å². The van der Waals surface area contributed by atoms with Crippen LogP contribution in [-0.4, -0.2) is 61.8 Å². The number of sulfonamides is 1. The minimum Gasteiger partial charge on any atom is -0.497 e. The molecule has 3 aromatic carbocycles. The molecule has 2 heterocycles. The predicted octanol–water partition coefficient (Wildman–Crippen LogP) is 4.64. The van der Waals surface area contributed by atoms with Gasteiger partial charge >= 0.3 is 0 Å². The molecule has 4 aromatic rings. The van der Waals surface area contributed by atoms with Crippen LogP contribution < -0.4 is 4.74 Å². The summed E-state index contributed by atoms with van der Waals surface area (Å²) in [6.45, 7) is 1.11. The fraction of sp³-hybridized carbons (Fsp3) is 0.192. The average Bonchev–Trinajstić information content (AvgIpc) is 3.32. The zero-order chi connectivity index (χ0) is 24.6. The first-order valence-electron chi connectivity index (χ1n) is 11.2. The van der Waals surface area contributed by atoms with Crippen LogP contribution in [0.4, 0.5) is 0 Å². The Hall–Kier alpha value is -3.33. The average molecular weight is 510 g/mol. The molecule has 5 rings (SSSR count). The summed E-state index contributed by atoms with van der Waals surface area (Å²) < 4.78 is 33.0. The van der Waals surface area contributed by atoms with Crippen LogP contribution in [-0.2, 0) is 10.0 Å². The molecule has 1 amide bonds. The standard InChI is InChI=1S/C26H24ClN3O4S/c1-34-22-7-2-18(3-8-22)19-4-9-23(10-5-19)35(32,33)30-14-12-29(13-15-30)26(31)25-17-20-16-21(27)6-11-24(20)28-25/h2-11,16-17,28H,12-15H2,1H3. The first-order valence-corrected chi connectivity index (χ1v) is 13.0. The molecule has 1 N–H and O–H groups in total. The van der Waals surface area contributed by atoms with Crippen molar-refractivity contribution in [2.24, 2.45) is 0 Å². The molecule has 1 aliphatic rings. The second-order valence-electron chi connectivity index (χ2n) is 8.36. The Morgan fingerprint density at radius 1 is 0.886 bits per heavy atom. The van der Waals surface area contributed by atoms with E-state index in [1.54, 1.807) is 54.5 Å². The maximum Gasteiger partial charge on any atom is 0.270 e. The zero-order valence-electron chi connectivity index (χ0n) is 19.1. The number of H-pyrrole nitrogens is 1. The molecule has 1 saturated heterocycles. The van der Waals surface area contributed by atoms with Crippen LogP contribution in [0.2, 0.25) is 5.02 Å². The number of rotatable bonds is 5. The lowest BCUT2D eigenvalue weighted by Gasteiger charge is -2.33. The molecule has 0 spiro atoms. The van der Waals surface area contributed by atoms with Crippen LogP contribution in [0.15, 0.2) is 77.7 Å². The molecule has 7 nitrogen and oxygen atoms in total. The summed E-state index contributed by atoms with van der Waals surface area (Å²) in [7, 11) is -2.04. The summed E-state index contributed by atoms with van der Waals surface area (Å²) in [6, 6.07) is 21.6. The van der Waals surface area contributed by atoms with Crippen LogP contribution in [0.3, 0.4) is 0 Å². The number of hydrogen-bond acceptors (Lipinski definition) is 4. The topological polar surface area (TPSA) is 82.7 Å². The van der Waals surface area contributed by atoms with E-state index < -0.39 is 10.0 Å². The van der Waals surface area contributed by atoms with E-state index in [0.29, 0.717) is 23.8 Å². The Balaban J connectivity index is 1.26. The highest BCUT2D eigenvalue weighted by Gasteiger charge is 2.31. The Kier molecular flexibility index (Phi) is 6.27. The van der Waals surface area contributed by atoms with Crippen LogP contribution in [0, 0.1) is 0 Å². The fourth-order valence-corrected chi connectivity index (χ4v) is 5.88. The number of benzene rings is 3. The van der Waals surface area contributed by atoms with Crippen molar-refractivity contribution < 1.29 is 17.9 Å². The van der Waals surface area contributed by atoms with E-state index in [-0.39, 0.29) is 23.9 Å². The summed E-state index contributed by atoms with van der Waals surface area (Å²) in [6.07, 6.45) is 0. The van der Waals surface area contributed by atoms with E-state index in [4.69, 9.17) is 16.3 Å². The number of ether oxygens (including phenoxy) is 1. The van der Waals surface area contributed by atoms with Gasteiger partial charge in [-0.3, -0.25) is 4.79 Å². The van der Waals surface area contributed by atoms with Crippen LogP contribution in [0.25, 0.3) is 22.0 Å². The third-order valence-electron chi connectivity index (χ3n) is 6.25. The second-order valence-corrected chi connectivity index (χ2v) is 10.7. The van der Waals surface area contributed by atoms with Gasteiger partial charge in [0.05, 0.1) is 12.0 Å². The van der Waals surface area contributed by atoms with E-state index in [2.05, 4.69) is 4.98 Å². The molecule has 180 valence electrons. The van der Waals surface area contributed by atoms with Crippen molar-refractivity contribution in [1.82, 2.24) is 14.2 Å². The SMILES string of the molecule is COc1ccc(-c2ccc(S(=O)(=O)N3CCN(C(=O)c4cc5cc(Cl)ccc5[nH]4)CC3)cc2)cc1. The van der Waals surface area contributed by atoms with Crippen molar-refractivity contribution >= 4 is 38.4 Å². The van der Waals surface area contributed by atoms with E-state index in [1.165, 1.54) is 4.31 Å². The van der Waals surface area contributed by atoms with E-state index >= 15 is 0 Å². The molecular formula is C26H24ClN3O4S. The molecule has 1 aliphatic heterocycles. The number of carbonyl (C=O) groups excluding carboxylic acids is 1. The first kappa shape index (κ1) is 23.4. The largest absolute Gasteiger partial charge is 0.497 e. The predicted molar refractivity (Wildman–Crippen MR) is 136 cm³/mol. The summed E-state index contributed by atoms with van der Waals surface area (Å²) in [5, 5.41) is 1.46. The molecule has 1 fully saturated rings. The number of piperazine rings is 1. The number of carbonyl (C=O) groups is 1. The highest BCUT2D eigenvalue weighted by molar-refractivity contribution is 7.89. The van der Waals surface area contributed by atoms with Crippen LogP contribution in [0.1, 0.15) is 10.5 Å². The number of aromatic nitrogens is 1. The summed E-state index contributed by atoms with van der Waals surface area (Å²) in [5.74, 6) is 0.609. The lowest BCUT2D eigenvalue weighted by molar-refractivity contribution is 0.0693. The fourth-order valence-electron chi connectivity index (χ4n) is 4.27. The van der Waals surface area contributed by atoms with Gasteiger partial charge in [-0.15, -0.1) is 0 Å². The van der Waals surface area contributed by atoms with Gasteiger partial charge in [0.1, 0.15) is 11.4 Å². The summed E-state index contributed by atoms with van der Waals surface area (Å²) >= 11 is 6.04. The van der Waals surface area contributed by atoms with Crippen molar-refractivity contribution in [2.75, 3.05) is 33.3 Å². The number of amides is 1. The summed E-state index contributed by atoms with van der Waals surface area (Å²) in [4.78, 5) is 18.0. The van der Waals surface area contributed by atoms with E-state index in [1.807, 2.05) is 30.3 Å². The number of hydrogen-bond donors (Lipinski definition) is 1. The number of aromatic amines is 1. The molecule has 0 atom stereocenters. The van der Waals surface area contributed by atoms with Gasteiger partial charge in [-0.05, 0) is 59.7 Å². The molecule has 9 heteroatoms. The van der Waals surface area contributed by atoms with Gasteiger partial charge in [-0.1, -0.05) is 35.9 Å². The van der Waals surface area contributed by atoms with Gasteiger partial charge < -0.3 is 14.6 Å². The molecule has 35 heavy (non-hydrogen) atoms. The minimum atomic E-state index is -3.66. The lowest BCUT2D eigenvalue weighted by Crippen LogP contribution is -2.50. The smallest absolute Gasteiger partial charge is 0.270 e. The maximum absolute atomic E-state index is 13.2. The molecule has 0 bridgehead atoms. The molecular weight excluding hydrogens is 486 g/mol. The number of nitrogens with zero attached hydrogens (tertiary/aromatic N) is 2. The molecule has 0 unspecified atom stereocenters. The minimum absolute atomic E-state index is 0.154. The second kappa shape index (κ2) is 9.37. The maximum atomic E-state index is 13.2. The third-order valence-corrected chi connectivity index (χ3v) is 8.40. The quantitative estimate of drug-likeness (QED) is 0.425. The number of halogens is 1. The number of nitrogens with one attached hydrogen (secondary N) is 1. The first-order chi connectivity index (χ1) is 16.8. The monoisotopic (exact) mass is 509 g/mol. The Bertz CT molecular complexity index is 1470. The zero-order valence-corrected chi connectivity index (χ0v) is 20.6. The van der Waals surface area contributed by atoms with Gasteiger partial charge in [0.25, 0.3) is 5.91 Å². The van der Waals surface area contributed by atoms with Crippen molar-refractivity contribution in [1.29, 1.82) is 0 Å². The Labute approximate surface area is 208 Å². The van der Waals surface area contributed by atoms with Crippen LogP contribution in [0.5, 0.6) is 5.75 Å². The molecule has 0 aliphatic carbocycles. The van der Waals surface area contributed by atoms with Gasteiger partial charge in [0.2, 0.25) is 10.0 Å². The van der Waals surface area contributed by atoms with Gasteiger partial charge in [-0.25, -0.2) is 8.42 Å². The van der Waals surface area contributed by atoms with Gasteiger partial charge in [-0.2, -0.15) is 4.31 Å². The summed E-state index contributed by atoms with van der Waals surface area (Å²) in [5.41, 5.74) is 3.19. The van der Waals surface area contributed by atoms with E-state index in [0.717, 1.165) is 27.8 Å². The van der Waals surface area contributed by atoms with Gasteiger partial charge in [0, 0.05) is 42.1 Å². The van der Waals surface area contributed by atoms with E-state index in [9.17, 15) is 13.2 Å². The third kappa shape index (κ3) is 4.65. The van der Waals surface area contributed by atoms with Crippen molar-refractivity contribution in [2.45, 2.75) is 4.90 Å². The molecule has 1 aromatic heterocycles. The molecule has 0 radical (unpaired) electrons. The normalized spacial score (nSPS) is 14.9. The van der Waals surface area contributed by atoms with Gasteiger partial charge in [0.15, 0.2) is 0 Å². The van der Waals surface area contributed by atoms with Crippen molar-refractivity contribution in [3.63, 3.8) is 0 Å². The number of fused-ring (bicyclic) bond motifs is 1. The number of methoxy groups -OCH3 is 1. The molecule has 0 saturated carbocycles. The lowest BCUT2D eigenvalue weighted by atomic mass is 10.1. The van der Waals surface area contributed by atoms with Crippen molar-refractivity contribution in [3.05, 3.63) is 83.5 Å².